The van der Waals surface area contributed by atoms with E-state index in [1.54, 1.807) is 7.11 Å². The summed E-state index contributed by atoms with van der Waals surface area (Å²) < 4.78 is 10.6. The van der Waals surface area contributed by atoms with Crippen molar-refractivity contribution in [2.45, 2.75) is 52.9 Å². The normalized spacial score (nSPS) is 11.2. The average molecular weight is 423 g/mol. The highest BCUT2D eigenvalue weighted by molar-refractivity contribution is 5.95. The molecule has 2 aromatic rings. The molecule has 0 bridgehead atoms. The first-order chi connectivity index (χ1) is 14.9. The molecule has 0 unspecified atom stereocenters. The molecule has 4 nitrogen and oxygen atoms in total. The number of carbonyl (C=O) groups excluding carboxylic acids is 1. The lowest BCUT2D eigenvalue weighted by Crippen LogP contribution is -2.10. The maximum Gasteiger partial charge on any atom is 0.341 e. The smallest absolute Gasteiger partial charge is 0.341 e. The number of aryl methyl sites for hydroxylation is 2. The monoisotopic (exact) mass is 422 g/mol. The van der Waals surface area contributed by atoms with E-state index in [0.29, 0.717) is 24.2 Å². The van der Waals surface area contributed by atoms with Gasteiger partial charge in [-0.2, -0.15) is 0 Å². The number of carbonyl (C=O) groups is 1. The van der Waals surface area contributed by atoms with Crippen molar-refractivity contribution in [3.63, 3.8) is 0 Å². The summed E-state index contributed by atoms with van der Waals surface area (Å²) in [5, 5.41) is 11.0. The first-order valence-corrected chi connectivity index (χ1v) is 10.7. The van der Waals surface area contributed by atoms with Crippen LogP contribution in [0.15, 0.2) is 59.7 Å². The predicted octanol–water partition coefficient (Wildman–Crippen LogP) is 6.21. The van der Waals surface area contributed by atoms with Crippen molar-refractivity contribution in [2.75, 3.05) is 14.2 Å². The van der Waals surface area contributed by atoms with Crippen molar-refractivity contribution < 1.29 is 19.4 Å². The van der Waals surface area contributed by atoms with Crippen LogP contribution >= 0.6 is 0 Å². The number of ether oxygens (including phenoxy) is 2. The second-order valence-corrected chi connectivity index (χ2v) is 7.99. The van der Waals surface area contributed by atoms with E-state index in [-0.39, 0.29) is 11.3 Å². The Hall–Kier alpha value is -3.01. The molecule has 0 aliphatic heterocycles. The van der Waals surface area contributed by atoms with Crippen LogP contribution < -0.4 is 4.74 Å². The van der Waals surface area contributed by atoms with Gasteiger partial charge in [-0.05, 0) is 70.1 Å². The number of esters is 1. The third kappa shape index (κ3) is 7.02. The zero-order valence-corrected chi connectivity index (χ0v) is 19.3. The van der Waals surface area contributed by atoms with Crippen molar-refractivity contribution in [2.24, 2.45) is 0 Å². The Morgan fingerprint density at radius 3 is 2.35 bits per heavy atom. The van der Waals surface area contributed by atoms with Gasteiger partial charge in [0, 0.05) is 5.56 Å². The number of rotatable bonds is 10. The average Bonchev–Trinajstić information content (AvgIpc) is 2.76. The molecule has 0 atom stereocenters. The van der Waals surface area contributed by atoms with Crippen LogP contribution in [0, 0.1) is 0 Å². The largest absolute Gasteiger partial charge is 0.507 e. The minimum absolute atomic E-state index is 0.0531. The third-order valence-corrected chi connectivity index (χ3v) is 5.33. The van der Waals surface area contributed by atoms with Gasteiger partial charge in [-0.25, -0.2) is 4.79 Å². The Labute approximate surface area is 186 Å². The molecular formula is C27H34O4. The highest BCUT2D eigenvalue weighted by Gasteiger charge is 2.23. The summed E-state index contributed by atoms with van der Waals surface area (Å²) in [6.07, 6.45) is 8.06. The maximum atomic E-state index is 12.5. The summed E-state index contributed by atoms with van der Waals surface area (Å²) in [5.41, 5.74) is 5.25. The number of hydrogen-bond acceptors (Lipinski definition) is 4. The van der Waals surface area contributed by atoms with Gasteiger partial charge >= 0.3 is 5.97 Å². The zero-order chi connectivity index (χ0) is 22.8. The van der Waals surface area contributed by atoms with E-state index in [0.717, 1.165) is 30.4 Å². The number of methoxy groups -OCH3 is 2. The van der Waals surface area contributed by atoms with Crippen LogP contribution in [0.1, 0.15) is 60.7 Å². The molecule has 0 heterocycles. The molecule has 166 valence electrons. The summed E-state index contributed by atoms with van der Waals surface area (Å²) in [4.78, 5) is 12.5. The molecule has 2 rings (SSSR count). The van der Waals surface area contributed by atoms with E-state index in [1.165, 1.54) is 18.3 Å². The zero-order valence-electron chi connectivity index (χ0n) is 19.3. The van der Waals surface area contributed by atoms with E-state index in [4.69, 9.17) is 9.47 Å². The van der Waals surface area contributed by atoms with E-state index >= 15 is 0 Å². The Balaban J connectivity index is 2.34. The first kappa shape index (κ1) is 24.3. The van der Waals surface area contributed by atoms with Gasteiger partial charge in [-0.15, -0.1) is 0 Å². The summed E-state index contributed by atoms with van der Waals surface area (Å²) >= 11 is 0. The van der Waals surface area contributed by atoms with Crippen molar-refractivity contribution in [1.29, 1.82) is 0 Å². The van der Waals surface area contributed by atoms with Crippen LogP contribution in [0.3, 0.4) is 0 Å². The summed E-state index contributed by atoms with van der Waals surface area (Å²) in [5.74, 6) is -0.00195. The summed E-state index contributed by atoms with van der Waals surface area (Å²) in [6.45, 7) is 6.27. The summed E-state index contributed by atoms with van der Waals surface area (Å²) in [6, 6.07) is 11.9. The molecule has 1 N–H and O–H groups in total. The van der Waals surface area contributed by atoms with Gasteiger partial charge in [0.05, 0.1) is 14.2 Å². The standard InChI is InChI=1S/C27H34O4/c1-19(2)10-9-11-20(3)14-17-23-24(30-4)18-22(25(26(23)28)27(29)31-5)16-15-21-12-7-6-8-13-21/h6-8,10,12-14,18,28H,9,11,15-17H2,1-5H3/b20-14+. The Kier molecular flexibility index (Phi) is 9.39. The Morgan fingerprint density at radius 1 is 1.03 bits per heavy atom. The van der Waals surface area contributed by atoms with Gasteiger partial charge in [-0.3, -0.25) is 0 Å². The number of benzene rings is 2. The van der Waals surface area contributed by atoms with Crippen LogP contribution in [0.25, 0.3) is 0 Å². The number of hydrogen-bond donors (Lipinski definition) is 1. The van der Waals surface area contributed by atoms with E-state index in [1.807, 2.05) is 36.4 Å². The highest BCUT2D eigenvalue weighted by atomic mass is 16.5. The molecular weight excluding hydrogens is 388 g/mol. The van der Waals surface area contributed by atoms with Crippen LogP contribution in [0.2, 0.25) is 0 Å². The molecule has 0 aliphatic carbocycles. The molecule has 0 saturated heterocycles. The van der Waals surface area contributed by atoms with Gasteiger partial charge < -0.3 is 14.6 Å². The fraction of sp³-hybridized carbons (Fsp3) is 0.370. The Bertz CT molecular complexity index is 935. The van der Waals surface area contributed by atoms with Gasteiger partial charge in [0.1, 0.15) is 17.1 Å². The minimum atomic E-state index is -0.534. The number of allylic oxidation sites excluding steroid dienone is 4. The van der Waals surface area contributed by atoms with Crippen molar-refractivity contribution in [3.05, 3.63) is 82.0 Å². The van der Waals surface area contributed by atoms with Gasteiger partial charge in [-0.1, -0.05) is 53.6 Å². The lowest BCUT2D eigenvalue weighted by Gasteiger charge is -2.17. The van der Waals surface area contributed by atoms with Gasteiger partial charge in [0.15, 0.2) is 0 Å². The first-order valence-electron chi connectivity index (χ1n) is 10.7. The summed E-state index contributed by atoms with van der Waals surface area (Å²) in [7, 11) is 2.92. The molecule has 0 aliphatic rings. The van der Waals surface area contributed by atoms with Crippen LogP contribution in [-0.4, -0.2) is 25.3 Å². The van der Waals surface area contributed by atoms with Crippen LogP contribution in [-0.2, 0) is 24.0 Å². The van der Waals surface area contributed by atoms with Crippen LogP contribution in [0.4, 0.5) is 0 Å². The van der Waals surface area contributed by atoms with E-state index < -0.39 is 5.97 Å². The molecule has 0 saturated carbocycles. The molecule has 2 aromatic carbocycles. The number of aromatic hydroxyl groups is 1. The van der Waals surface area contributed by atoms with Crippen LogP contribution in [0.5, 0.6) is 11.5 Å². The predicted molar refractivity (Wildman–Crippen MR) is 126 cm³/mol. The molecule has 0 spiro atoms. The third-order valence-electron chi connectivity index (χ3n) is 5.33. The molecule has 0 fully saturated rings. The number of phenols is 1. The lowest BCUT2D eigenvalue weighted by molar-refractivity contribution is 0.0596. The highest BCUT2D eigenvalue weighted by Crippen LogP contribution is 2.36. The van der Waals surface area contributed by atoms with Crippen molar-refractivity contribution >= 4 is 5.97 Å². The van der Waals surface area contributed by atoms with Crippen molar-refractivity contribution in [3.8, 4) is 11.5 Å². The minimum Gasteiger partial charge on any atom is -0.507 e. The topological polar surface area (TPSA) is 55.8 Å². The molecule has 0 aromatic heterocycles. The Morgan fingerprint density at radius 2 is 1.74 bits per heavy atom. The quantitative estimate of drug-likeness (QED) is 0.365. The molecule has 0 amide bonds. The molecule has 0 radical (unpaired) electrons. The maximum absolute atomic E-state index is 12.5. The van der Waals surface area contributed by atoms with Crippen molar-refractivity contribution in [1.82, 2.24) is 0 Å². The molecule has 31 heavy (non-hydrogen) atoms. The van der Waals surface area contributed by atoms with Gasteiger partial charge in [0.25, 0.3) is 0 Å². The molecule has 4 heteroatoms. The second kappa shape index (κ2) is 12.0. The SMILES string of the molecule is COC(=O)c1c(CCc2ccccc2)cc(OC)c(C/C=C(\C)CCC=C(C)C)c1O. The van der Waals surface area contributed by atoms with E-state index in [2.05, 4.69) is 32.9 Å². The van der Waals surface area contributed by atoms with Gasteiger partial charge in [0.2, 0.25) is 0 Å². The number of phenolic OH excluding ortho intramolecular Hbond substituents is 1. The fourth-order valence-corrected chi connectivity index (χ4v) is 3.53. The van der Waals surface area contributed by atoms with E-state index in [9.17, 15) is 9.90 Å². The lowest BCUT2D eigenvalue weighted by atomic mass is 9.94. The second-order valence-electron chi connectivity index (χ2n) is 7.99. The fourth-order valence-electron chi connectivity index (χ4n) is 3.53.